The minimum atomic E-state index is -0.117. The molecule has 0 saturated carbocycles. The molecule has 4 unspecified atom stereocenters. The standard InChI is InChI=1S/C15H19NO4/c1-9-3-5-10(6-4-9)15(17)16-11-7-19-14-12(18-2)8-20-13(11)14/h3-6,11-14H,7-8H2,1-2H3,(H,16,17). The van der Waals surface area contributed by atoms with E-state index in [1.165, 1.54) is 0 Å². The van der Waals surface area contributed by atoms with E-state index in [-0.39, 0.29) is 30.3 Å². The largest absolute Gasteiger partial charge is 0.376 e. The van der Waals surface area contributed by atoms with Gasteiger partial charge in [0.15, 0.2) is 0 Å². The van der Waals surface area contributed by atoms with Crippen molar-refractivity contribution in [2.24, 2.45) is 0 Å². The van der Waals surface area contributed by atoms with Crippen LogP contribution < -0.4 is 5.32 Å². The number of hydrogen-bond donors (Lipinski definition) is 1. The Bertz CT molecular complexity index is 487. The summed E-state index contributed by atoms with van der Waals surface area (Å²) >= 11 is 0. The van der Waals surface area contributed by atoms with Crippen LogP contribution in [0.3, 0.4) is 0 Å². The van der Waals surface area contributed by atoms with Crippen LogP contribution in [-0.4, -0.2) is 50.6 Å². The van der Waals surface area contributed by atoms with Crippen LogP contribution in [0, 0.1) is 6.92 Å². The summed E-state index contributed by atoms with van der Waals surface area (Å²) in [6.07, 6.45) is -0.237. The smallest absolute Gasteiger partial charge is 0.251 e. The van der Waals surface area contributed by atoms with Gasteiger partial charge in [-0.2, -0.15) is 0 Å². The lowest BCUT2D eigenvalue weighted by Crippen LogP contribution is -2.44. The lowest BCUT2D eigenvalue weighted by molar-refractivity contribution is -0.00817. The van der Waals surface area contributed by atoms with Crippen molar-refractivity contribution in [1.82, 2.24) is 5.32 Å². The predicted molar refractivity (Wildman–Crippen MR) is 72.7 cm³/mol. The summed E-state index contributed by atoms with van der Waals surface area (Å²) in [4.78, 5) is 12.2. The van der Waals surface area contributed by atoms with Gasteiger partial charge in [-0.1, -0.05) is 17.7 Å². The van der Waals surface area contributed by atoms with E-state index in [1.54, 1.807) is 7.11 Å². The van der Waals surface area contributed by atoms with E-state index >= 15 is 0 Å². The molecule has 0 aromatic heterocycles. The predicted octanol–water partition coefficient (Wildman–Crippen LogP) is 0.906. The topological polar surface area (TPSA) is 56.8 Å². The highest BCUT2D eigenvalue weighted by molar-refractivity contribution is 5.94. The van der Waals surface area contributed by atoms with Crippen molar-refractivity contribution in [2.45, 2.75) is 31.3 Å². The Balaban J connectivity index is 1.64. The molecule has 0 radical (unpaired) electrons. The second-order valence-electron chi connectivity index (χ2n) is 5.32. The van der Waals surface area contributed by atoms with Crippen molar-refractivity contribution >= 4 is 5.91 Å². The van der Waals surface area contributed by atoms with Crippen molar-refractivity contribution in [2.75, 3.05) is 20.3 Å². The maximum atomic E-state index is 12.2. The fourth-order valence-corrected chi connectivity index (χ4v) is 2.75. The van der Waals surface area contributed by atoms with E-state index in [0.717, 1.165) is 5.56 Å². The van der Waals surface area contributed by atoms with Gasteiger partial charge in [0.05, 0.1) is 19.3 Å². The molecule has 2 saturated heterocycles. The number of benzene rings is 1. The molecule has 0 spiro atoms. The third-order valence-electron chi connectivity index (χ3n) is 3.94. The van der Waals surface area contributed by atoms with Gasteiger partial charge in [-0.05, 0) is 19.1 Å². The van der Waals surface area contributed by atoms with Gasteiger partial charge in [-0.15, -0.1) is 0 Å². The molecule has 0 bridgehead atoms. The number of carbonyl (C=O) groups is 1. The van der Waals surface area contributed by atoms with Crippen LogP contribution in [0.2, 0.25) is 0 Å². The third kappa shape index (κ3) is 2.44. The number of fused-ring (bicyclic) bond motifs is 1. The number of aryl methyl sites for hydroxylation is 1. The summed E-state index contributed by atoms with van der Waals surface area (Å²) in [5.74, 6) is -0.0938. The Morgan fingerprint density at radius 2 is 1.90 bits per heavy atom. The quantitative estimate of drug-likeness (QED) is 0.892. The first-order chi connectivity index (χ1) is 9.69. The number of ether oxygens (including phenoxy) is 3. The van der Waals surface area contributed by atoms with Gasteiger partial charge in [0, 0.05) is 12.7 Å². The summed E-state index contributed by atoms with van der Waals surface area (Å²) in [6, 6.07) is 7.39. The molecule has 5 heteroatoms. The summed E-state index contributed by atoms with van der Waals surface area (Å²) in [5.41, 5.74) is 1.79. The molecule has 4 atom stereocenters. The molecule has 1 aromatic carbocycles. The van der Waals surface area contributed by atoms with Crippen molar-refractivity contribution in [1.29, 1.82) is 0 Å². The minimum absolute atomic E-state index is 0.0405. The molecule has 2 aliphatic rings. The second kappa shape index (κ2) is 5.52. The molecule has 20 heavy (non-hydrogen) atoms. The number of amides is 1. The number of carbonyl (C=O) groups excluding carboxylic acids is 1. The maximum absolute atomic E-state index is 12.2. The van der Waals surface area contributed by atoms with Gasteiger partial charge in [-0.25, -0.2) is 0 Å². The first kappa shape index (κ1) is 13.5. The monoisotopic (exact) mass is 277 g/mol. The number of nitrogens with one attached hydrogen (secondary N) is 1. The van der Waals surface area contributed by atoms with E-state index in [0.29, 0.717) is 18.8 Å². The van der Waals surface area contributed by atoms with Crippen molar-refractivity contribution < 1.29 is 19.0 Å². The van der Waals surface area contributed by atoms with Crippen molar-refractivity contribution in [3.63, 3.8) is 0 Å². The molecule has 5 nitrogen and oxygen atoms in total. The molecule has 0 aliphatic carbocycles. The van der Waals surface area contributed by atoms with E-state index in [9.17, 15) is 4.79 Å². The van der Waals surface area contributed by atoms with Crippen LogP contribution in [-0.2, 0) is 14.2 Å². The SMILES string of the molecule is COC1COC2C(NC(=O)c3ccc(C)cc3)COC12. The maximum Gasteiger partial charge on any atom is 0.251 e. The molecule has 2 aliphatic heterocycles. The van der Waals surface area contributed by atoms with Crippen LogP contribution in [0.5, 0.6) is 0 Å². The average Bonchev–Trinajstić information content (AvgIpc) is 3.02. The molecule has 2 heterocycles. The second-order valence-corrected chi connectivity index (χ2v) is 5.32. The van der Waals surface area contributed by atoms with Crippen molar-refractivity contribution in [3.05, 3.63) is 35.4 Å². The third-order valence-corrected chi connectivity index (χ3v) is 3.94. The van der Waals surface area contributed by atoms with E-state index < -0.39 is 0 Å². The van der Waals surface area contributed by atoms with Gasteiger partial charge in [-0.3, -0.25) is 4.79 Å². The lowest BCUT2D eigenvalue weighted by atomic mass is 10.1. The molecule has 2 fully saturated rings. The van der Waals surface area contributed by atoms with Gasteiger partial charge in [0.2, 0.25) is 0 Å². The minimum Gasteiger partial charge on any atom is -0.376 e. The van der Waals surface area contributed by atoms with Crippen LogP contribution in [0.25, 0.3) is 0 Å². The Morgan fingerprint density at radius 3 is 2.60 bits per heavy atom. The number of methoxy groups -OCH3 is 1. The fourth-order valence-electron chi connectivity index (χ4n) is 2.75. The zero-order valence-corrected chi connectivity index (χ0v) is 11.7. The molecule has 3 rings (SSSR count). The normalized spacial score (nSPS) is 32.1. The van der Waals surface area contributed by atoms with Crippen LogP contribution in [0.15, 0.2) is 24.3 Å². The Kier molecular flexibility index (Phi) is 3.74. The summed E-state index contributed by atoms with van der Waals surface area (Å²) < 4.78 is 16.7. The summed E-state index contributed by atoms with van der Waals surface area (Å²) in [6.45, 7) is 2.98. The molecule has 1 amide bonds. The highest BCUT2D eigenvalue weighted by Crippen LogP contribution is 2.28. The summed E-state index contributed by atoms with van der Waals surface area (Å²) in [7, 11) is 1.65. The zero-order chi connectivity index (χ0) is 14.1. The average molecular weight is 277 g/mol. The summed E-state index contributed by atoms with van der Waals surface area (Å²) in [5, 5.41) is 2.99. The fraction of sp³-hybridized carbons (Fsp3) is 0.533. The van der Waals surface area contributed by atoms with Crippen molar-refractivity contribution in [3.8, 4) is 0 Å². The van der Waals surface area contributed by atoms with E-state index in [4.69, 9.17) is 14.2 Å². The molecule has 108 valence electrons. The van der Waals surface area contributed by atoms with Crippen LogP contribution in [0.1, 0.15) is 15.9 Å². The van der Waals surface area contributed by atoms with E-state index in [1.807, 2.05) is 31.2 Å². The van der Waals surface area contributed by atoms with Crippen LogP contribution in [0.4, 0.5) is 0 Å². The molecular weight excluding hydrogens is 258 g/mol. The lowest BCUT2D eigenvalue weighted by Gasteiger charge is -2.17. The first-order valence-electron chi connectivity index (χ1n) is 6.82. The number of hydrogen-bond acceptors (Lipinski definition) is 4. The van der Waals surface area contributed by atoms with Gasteiger partial charge in [0.25, 0.3) is 5.91 Å². The Hall–Kier alpha value is -1.43. The van der Waals surface area contributed by atoms with Crippen LogP contribution >= 0.6 is 0 Å². The zero-order valence-electron chi connectivity index (χ0n) is 11.7. The van der Waals surface area contributed by atoms with Gasteiger partial charge >= 0.3 is 0 Å². The molecule has 1 N–H and O–H groups in total. The van der Waals surface area contributed by atoms with E-state index in [2.05, 4.69) is 5.32 Å². The first-order valence-corrected chi connectivity index (χ1v) is 6.82. The Labute approximate surface area is 118 Å². The van der Waals surface area contributed by atoms with Gasteiger partial charge < -0.3 is 19.5 Å². The Morgan fingerprint density at radius 1 is 1.20 bits per heavy atom. The molecule has 1 aromatic rings. The highest BCUT2D eigenvalue weighted by Gasteiger charge is 2.48. The highest BCUT2D eigenvalue weighted by atomic mass is 16.6. The number of rotatable bonds is 3. The van der Waals surface area contributed by atoms with Gasteiger partial charge in [0.1, 0.15) is 18.3 Å². The molecular formula is C15H19NO4.